The van der Waals surface area contributed by atoms with Crippen LogP contribution in [0.1, 0.15) is 47.1 Å². The van der Waals surface area contributed by atoms with Crippen molar-refractivity contribution in [2.45, 2.75) is 38.6 Å². The van der Waals surface area contributed by atoms with Crippen LogP contribution in [0, 0.1) is 0 Å². The van der Waals surface area contributed by atoms with E-state index in [1.54, 1.807) is 36.1 Å². The van der Waals surface area contributed by atoms with Gasteiger partial charge >= 0.3 is 5.97 Å². The van der Waals surface area contributed by atoms with E-state index in [-0.39, 0.29) is 12.3 Å². The summed E-state index contributed by atoms with van der Waals surface area (Å²) in [7, 11) is 0. The first kappa shape index (κ1) is 18.8. The van der Waals surface area contributed by atoms with E-state index in [1.807, 2.05) is 10.7 Å². The topological polar surface area (TPSA) is 131 Å². The van der Waals surface area contributed by atoms with E-state index in [9.17, 15) is 9.59 Å². The number of benzene rings is 1. The van der Waals surface area contributed by atoms with Crippen LogP contribution >= 0.6 is 0 Å². The standard InChI is InChI=1S/C19H21N7O3/c1-2-29-19(28)12-4-3-5-14(8-12)26-18(23-16(24-26)9-15(20)27)13-6-7-17-21-11-22-25(17)10-13/h3-5,8,11,13H,2,6-7,9-10H2,1H3,(H2,20,27). The second-order valence-corrected chi connectivity index (χ2v) is 6.81. The number of nitrogens with zero attached hydrogens (tertiary/aromatic N) is 6. The number of hydrogen-bond acceptors (Lipinski definition) is 7. The number of esters is 1. The van der Waals surface area contributed by atoms with Crippen LogP contribution in [0.2, 0.25) is 0 Å². The summed E-state index contributed by atoms with van der Waals surface area (Å²) in [6.45, 7) is 2.67. The first-order valence-corrected chi connectivity index (χ1v) is 9.43. The van der Waals surface area contributed by atoms with E-state index < -0.39 is 11.9 Å². The van der Waals surface area contributed by atoms with Crippen LogP contribution in [-0.4, -0.2) is 48.0 Å². The molecule has 150 valence electrons. The molecule has 1 aliphatic heterocycles. The van der Waals surface area contributed by atoms with Crippen molar-refractivity contribution in [1.82, 2.24) is 29.5 Å². The summed E-state index contributed by atoms with van der Waals surface area (Å²) in [4.78, 5) is 32.4. The average Bonchev–Trinajstić information content (AvgIpc) is 3.34. The number of ether oxygens (including phenoxy) is 1. The van der Waals surface area contributed by atoms with Gasteiger partial charge in [-0.2, -0.15) is 10.2 Å². The average molecular weight is 395 g/mol. The van der Waals surface area contributed by atoms with Gasteiger partial charge in [-0.05, 0) is 31.5 Å². The molecule has 2 aromatic heterocycles. The van der Waals surface area contributed by atoms with Crippen LogP contribution in [0.25, 0.3) is 5.69 Å². The predicted molar refractivity (Wildman–Crippen MR) is 101 cm³/mol. The number of aryl methyl sites for hydroxylation is 1. The highest BCUT2D eigenvalue weighted by Crippen LogP contribution is 2.28. The van der Waals surface area contributed by atoms with Crippen LogP contribution in [0.15, 0.2) is 30.6 Å². The van der Waals surface area contributed by atoms with Gasteiger partial charge in [-0.1, -0.05) is 6.07 Å². The van der Waals surface area contributed by atoms with Gasteiger partial charge in [0.25, 0.3) is 0 Å². The number of primary amides is 1. The molecule has 0 spiro atoms. The minimum atomic E-state index is -0.504. The lowest BCUT2D eigenvalue weighted by atomic mass is 9.98. The molecule has 0 aliphatic carbocycles. The molecule has 0 radical (unpaired) electrons. The van der Waals surface area contributed by atoms with Crippen LogP contribution in [0.3, 0.4) is 0 Å². The van der Waals surface area contributed by atoms with Crippen LogP contribution < -0.4 is 5.73 Å². The van der Waals surface area contributed by atoms with Crippen molar-refractivity contribution in [3.05, 3.63) is 53.6 Å². The zero-order chi connectivity index (χ0) is 20.4. The first-order chi connectivity index (χ1) is 14.0. The maximum absolute atomic E-state index is 12.1. The molecule has 0 saturated carbocycles. The van der Waals surface area contributed by atoms with Crippen molar-refractivity contribution in [3.63, 3.8) is 0 Å². The fourth-order valence-electron chi connectivity index (χ4n) is 3.48. The van der Waals surface area contributed by atoms with Crippen molar-refractivity contribution >= 4 is 11.9 Å². The summed E-state index contributed by atoms with van der Waals surface area (Å²) in [5.74, 6) is 1.11. The second kappa shape index (κ2) is 7.82. The highest BCUT2D eigenvalue weighted by atomic mass is 16.5. The van der Waals surface area contributed by atoms with Crippen molar-refractivity contribution in [2.24, 2.45) is 5.73 Å². The highest BCUT2D eigenvalue weighted by molar-refractivity contribution is 5.90. The number of aromatic nitrogens is 6. The summed E-state index contributed by atoms with van der Waals surface area (Å²) in [6, 6.07) is 6.98. The number of fused-ring (bicyclic) bond motifs is 1. The molecule has 4 rings (SSSR count). The Morgan fingerprint density at radius 2 is 2.21 bits per heavy atom. The summed E-state index contributed by atoms with van der Waals surface area (Å²) in [5, 5.41) is 8.75. The molecule has 0 fully saturated rings. The fourth-order valence-corrected chi connectivity index (χ4v) is 3.48. The summed E-state index contributed by atoms with van der Waals surface area (Å²) in [5.41, 5.74) is 6.42. The fraction of sp³-hybridized carbons (Fsp3) is 0.368. The van der Waals surface area contributed by atoms with Gasteiger partial charge in [0, 0.05) is 12.3 Å². The molecule has 10 heteroatoms. The number of rotatable bonds is 6. The lowest BCUT2D eigenvalue weighted by molar-refractivity contribution is -0.117. The third kappa shape index (κ3) is 3.86. The summed E-state index contributed by atoms with van der Waals surface area (Å²) >= 11 is 0. The van der Waals surface area contributed by atoms with Crippen LogP contribution in [0.5, 0.6) is 0 Å². The number of hydrogen-bond donors (Lipinski definition) is 1. The third-order valence-corrected chi connectivity index (χ3v) is 4.78. The second-order valence-electron chi connectivity index (χ2n) is 6.81. The Morgan fingerprint density at radius 3 is 3.00 bits per heavy atom. The van der Waals surface area contributed by atoms with Gasteiger partial charge in [-0.15, -0.1) is 0 Å². The molecule has 1 aromatic carbocycles. The molecule has 0 bridgehead atoms. The lowest BCUT2D eigenvalue weighted by Gasteiger charge is -2.22. The van der Waals surface area contributed by atoms with Crippen molar-refractivity contribution < 1.29 is 14.3 Å². The Bertz CT molecular complexity index is 1060. The highest BCUT2D eigenvalue weighted by Gasteiger charge is 2.27. The van der Waals surface area contributed by atoms with Crippen molar-refractivity contribution in [1.29, 1.82) is 0 Å². The van der Waals surface area contributed by atoms with Crippen molar-refractivity contribution in [2.75, 3.05) is 6.61 Å². The number of carbonyl (C=O) groups excluding carboxylic acids is 2. The van der Waals surface area contributed by atoms with Gasteiger partial charge < -0.3 is 10.5 Å². The molecule has 1 aliphatic rings. The summed E-state index contributed by atoms with van der Waals surface area (Å²) in [6.07, 6.45) is 3.08. The van der Waals surface area contributed by atoms with E-state index in [1.165, 1.54) is 0 Å². The smallest absolute Gasteiger partial charge is 0.338 e. The van der Waals surface area contributed by atoms with E-state index in [2.05, 4.69) is 20.2 Å². The first-order valence-electron chi connectivity index (χ1n) is 9.43. The Kier molecular flexibility index (Phi) is 5.07. The van der Waals surface area contributed by atoms with Gasteiger partial charge in [-0.3, -0.25) is 4.79 Å². The molecule has 29 heavy (non-hydrogen) atoms. The molecule has 10 nitrogen and oxygen atoms in total. The molecule has 1 amide bonds. The number of carbonyl (C=O) groups is 2. The zero-order valence-electron chi connectivity index (χ0n) is 16.0. The molecule has 2 N–H and O–H groups in total. The normalized spacial score (nSPS) is 15.7. The van der Waals surface area contributed by atoms with Gasteiger partial charge in [0.05, 0.1) is 30.8 Å². The van der Waals surface area contributed by atoms with Gasteiger partial charge in [0.15, 0.2) is 5.82 Å². The Labute approximate surface area is 166 Å². The van der Waals surface area contributed by atoms with Crippen LogP contribution in [0.4, 0.5) is 0 Å². The lowest BCUT2D eigenvalue weighted by Crippen LogP contribution is -2.22. The maximum atomic E-state index is 12.1. The molecule has 1 atom stereocenters. The summed E-state index contributed by atoms with van der Waals surface area (Å²) < 4.78 is 8.62. The monoisotopic (exact) mass is 395 g/mol. The molecule has 1 unspecified atom stereocenters. The minimum absolute atomic E-state index is 0.0320. The zero-order valence-corrected chi connectivity index (χ0v) is 16.0. The molecular formula is C19H21N7O3. The van der Waals surface area contributed by atoms with E-state index in [4.69, 9.17) is 10.5 Å². The van der Waals surface area contributed by atoms with Gasteiger partial charge in [0.2, 0.25) is 5.91 Å². The largest absolute Gasteiger partial charge is 0.462 e. The Morgan fingerprint density at radius 1 is 1.34 bits per heavy atom. The Balaban J connectivity index is 1.73. The van der Waals surface area contributed by atoms with Crippen molar-refractivity contribution in [3.8, 4) is 5.69 Å². The predicted octanol–water partition coefficient (Wildman–Crippen LogP) is 0.793. The molecule has 3 heterocycles. The molecular weight excluding hydrogens is 374 g/mol. The quantitative estimate of drug-likeness (QED) is 0.611. The Hall–Kier alpha value is -3.56. The molecule has 0 saturated heterocycles. The number of amides is 1. The van der Waals surface area contributed by atoms with E-state index in [0.717, 1.165) is 18.7 Å². The molecule has 3 aromatic rings. The van der Waals surface area contributed by atoms with Gasteiger partial charge in [0.1, 0.15) is 18.0 Å². The van der Waals surface area contributed by atoms with Crippen LogP contribution in [-0.2, 0) is 28.9 Å². The minimum Gasteiger partial charge on any atom is -0.462 e. The van der Waals surface area contributed by atoms with E-state index >= 15 is 0 Å². The van der Waals surface area contributed by atoms with Gasteiger partial charge in [-0.25, -0.2) is 24.1 Å². The SMILES string of the molecule is CCOC(=O)c1cccc(-n2nc(CC(N)=O)nc2C2CCc3ncnn3C2)c1. The third-order valence-electron chi connectivity index (χ3n) is 4.78. The number of nitrogens with two attached hydrogens (primary N) is 1. The maximum Gasteiger partial charge on any atom is 0.338 e. The van der Waals surface area contributed by atoms with E-state index in [0.29, 0.717) is 36.1 Å².